The maximum atomic E-state index is 11.5. The number of carbonyl (C=O) groups is 2. The molecule has 0 aliphatic rings. The number of ether oxygens (including phenoxy) is 2. The minimum absolute atomic E-state index is 0.167. The van der Waals surface area contributed by atoms with Gasteiger partial charge in [0.15, 0.2) is 0 Å². The van der Waals surface area contributed by atoms with Gasteiger partial charge in [-0.3, -0.25) is 4.79 Å². The van der Waals surface area contributed by atoms with Gasteiger partial charge in [-0.2, -0.15) is 0 Å². The standard InChI is InChI=1S/C12H24N2O4/c1-6-9(7-10(15)13-8-17-5)14-11(16)18-12(2,3)4/h9H,6-8H2,1-5H3,(H,13,15)(H,14,16)/t9-/m1/s1. The molecule has 6 nitrogen and oxygen atoms in total. The highest BCUT2D eigenvalue weighted by Crippen LogP contribution is 2.07. The van der Waals surface area contributed by atoms with Gasteiger partial charge in [0, 0.05) is 19.6 Å². The minimum atomic E-state index is -0.541. The van der Waals surface area contributed by atoms with E-state index in [0.717, 1.165) is 0 Å². The number of rotatable bonds is 6. The van der Waals surface area contributed by atoms with Crippen molar-refractivity contribution in [2.75, 3.05) is 13.8 Å². The summed E-state index contributed by atoms with van der Waals surface area (Å²) in [5.74, 6) is -0.167. The lowest BCUT2D eigenvalue weighted by Gasteiger charge is -2.22. The molecule has 0 radical (unpaired) electrons. The van der Waals surface area contributed by atoms with Crippen LogP contribution in [0.2, 0.25) is 0 Å². The van der Waals surface area contributed by atoms with Gasteiger partial charge in [-0.1, -0.05) is 6.92 Å². The van der Waals surface area contributed by atoms with Gasteiger partial charge in [0.25, 0.3) is 0 Å². The second-order valence-electron chi connectivity index (χ2n) is 4.99. The smallest absolute Gasteiger partial charge is 0.407 e. The van der Waals surface area contributed by atoms with Crippen molar-refractivity contribution in [3.63, 3.8) is 0 Å². The van der Waals surface area contributed by atoms with Crippen LogP contribution in [0, 0.1) is 0 Å². The van der Waals surface area contributed by atoms with Gasteiger partial charge >= 0.3 is 6.09 Å². The Morgan fingerprint density at radius 1 is 1.28 bits per heavy atom. The van der Waals surface area contributed by atoms with E-state index in [1.54, 1.807) is 20.8 Å². The van der Waals surface area contributed by atoms with Crippen LogP contribution in [-0.4, -0.2) is 37.5 Å². The topological polar surface area (TPSA) is 76.7 Å². The molecule has 0 bridgehead atoms. The number of hydrogen-bond donors (Lipinski definition) is 2. The van der Waals surface area contributed by atoms with E-state index in [1.165, 1.54) is 7.11 Å². The molecule has 18 heavy (non-hydrogen) atoms. The summed E-state index contributed by atoms with van der Waals surface area (Å²) in [7, 11) is 1.50. The molecule has 0 saturated heterocycles. The Bertz CT molecular complexity index is 274. The van der Waals surface area contributed by atoms with Crippen molar-refractivity contribution < 1.29 is 19.1 Å². The number of hydrogen-bond acceptors (Lipinski definition) is 4. The third-order valence-corrected chi connectivity index (χ3v) is 2.06. The highest BCUT2D eigenvalue weighted by atomic mass is 16.6. The van der Waals surface area contributed by atoms with Crippen molar-refractivity contribution in [3.05, 3.63) is 0 Å². The molecule has 106 valence electrons. The van der Waals surface area contributed by atoms with E-state index in [9.17, 15) is 9.59 Å². The molecule has 0 aromatic carbocycles. The molecule has 0 aliphatic heterocycles. The first-order valence-electron chi connectivity index (χ1n) is 6.03. The molecule has 0 saturated carbocycles. The first-order valence-corrected chi connectivity index (χ1v) is 6.03. The van der Waals surface area contributed by atoms with Crippen LogP contribution in [0.3, 0.4) is 0 Å². The Morgan fingerprint density at radius 3 is 2.33 bits per heavy atom. The molecule has 0 heterocycles. The summed E-state index contributed by atoms with van der Waals surface area (Å²) < 4.78 is 9.86. The first-order chi connectivity index (χ1) is 8.28. The molecule has 2 amide bonds. The molecular formula is C12H24N2O4. The van der Waals surface area contributed by atoms with Crippen LogP contribution >= 0.6 is 0 Å². The minimum Gasteiger partial charge on any atom is -0.444 e. The van der Waals surface area contributed by atoms with Crippen molar-refractivity contribution in [2.24, 2.45) is 0 Å². The molecule has 0 spiro atoms. The molecule has 0 rings (SSSR count). The Labute approximate surface area is 108 Å². The summed E-state index contributed by atoms with van der Waals surface area (Å²) in [5, 5.41) is 5.23. The van der Waals surface area contributed by atoms with Crippen molar-refractivity contribution in [1.29, 1.82) is 0 Å². The Morgan fingerprint density at radius 2 is 1.89 bits per heavy atom. The molecule has 0 aliphatic carbocycles. The van der Waals surface area contributed by atoms with Gasteiger partial charge in [0.05, 0.1) is 0 Å². The van der Waals surface area contributed by atoms with Crippen molar-refractivity contribution in [2.45, 2.75) is 52.2 Å². The van der Waals surface area contributed by atoms with Gasteiger partial charge in [-0.05, 0) is 27.2 Å². The van der Waals surface area contributed by atoms with E-state index >= 15 is 0 Å². The van der Waals surface area contributed by atoms with Crippen molar-refractivity contribution in [3.8, 4) is 0 Å². The number of carbonyl (C=O) groups excluding carboxylic acids is 2. The lowest BCUT2D eigenvalue weighted by Crippen LogP contribution is -2.41. The van der Waals surface area contributed by atoms with E-state index in [-0.39, 0.29) is 25.1 Å². The van der Waals surface area contributed by atoms with Crippen molar-refractivity contribution >= 4 is 12.0 Å². The molecule has 0 aromatic heterocycles. The van der Waals surface area contributed by atoms with Crippen LogP contribution in [0.25, 0.3) is 0 Å². The second-order valence-corrected chi connectivity index (χ2v) is 4.99. The fourth-order valence-corrected chi connectivity index (χ4v) is 1.22. The van der Waals surface area contributed by atoms with E-state index < -0.39 is 11.7 Å². The average molecular weight is 260 g/mol. The van der Waals surface area contributed by atoms with Crippen LogP contribution in [0.5, 0.6) is 0 Å². The monoisotopic (exact) mass is 260 g/mol. The number of alkyl carbamates (subject to hydrolysis) is 1. The third-order valence-electron chi connectivity index (χ3n) is 2.06. The maximum Gasteiger partial charge on any atom is 0.407 e. The molecule has 6 heteroatoms. The Kier molecular flexibility index (Phi) is 7.35. The van der Waals surface area contributed by atoms with Crippen LogP contribution in [0.4, 0.5) is 4.79 Å². The van der Waals surface area contributed by atoms with Gasteiger partial charge in [0.1, 0.15) is 12.3 Å². The zero-order valence-electron chi connectivity index (χ0n) is 11.8. The van der Waals surface area contributed by atoms with E-state index in [4.69, 9.17) is 9.47 Å². The summed E-state index contributed by atoms with van der Waals surface area (Å²) in [6.07, 6.45) is 0.354. The van der Waals surface area contributed by atoms with Gasteiger partial charge in [-0.15, -0.1) is 0 Å². The van der Waals surface area contributed by atoms with Crippen molar-refractivity contribution in [1.82, 2.24) is 10.6 Å². The lowest BCUT2D eigenvalue weighted by atomic mass is 10.1. The summed E-state index contributed by atoms with van der Waals surface area (Å²) in [6.45, 7) is 7.43. The first kappa shape index (κ1) is 16.7. The van der Waals surface area contributed by atoms with Gasteiger partial charge in [-0.25, -0.2) is 4.79 Å². The molecule has 0 fully saturated rings. The van der Waals surface area contributed by atoms with Crippen LogP contribution in [0.1, 0.15) is 40.5 Å². The summed E-state index contributed by atoms with van der Waals surface area (Å²) in [5.41, 5.74) is -0.541. The second kappa shape index (κ2) is 7.92. The van der Waals surface area contributed by atoms with Gasteiger partial charge in [0.2, 0.25) is 5.91 Å². The molecule has 1 atom stereocenters. The Hall–Kier alpha value is -1.30. The van der Waals surface area contributed by atoms with E-state index in [1.807, 2.05) is 6.92 Å². The predicted molar refractivity (Wildman–Crippen MR) is 68.1 cm³/mol. The normalized spacial score (nSPS) is 12.7. The average Bonchev–Trinajstić information content (AvgIpc) is 2.22. The number of nitrogens with one attached hydrogen (secondary N) is 2. The van der Waals surface area contributed by atoms with Crippen LogP contribution in [-0.2, 0) is 14.3 Å². The fraction of sp³-hybridized carbons (Fsp3) is 0.833. The quantitative estimate of drug-likeness (QED) is 0.708. The summed E-state index contributed by atoms with van der Waals surface area (Å²) in [4.78, 5) is 23.0. The predicted octanol–water partition coefficient (Wildman–Crippen LogP) is 1.40. The van der Waals surface area contributed by atoms with E-state index in [2.05, 4.69) is 10.6 Å². The number of methoxy groups -OCH3 is 1. The highest BCUT2D eigenvalue weighted by Gasteiger charge is 2.20. The van der Waals surface area contributed by atoms with Crippen LogP contribution < -0.4 is 10.6 Å². The molecule has 0 unspecified atom stereocenters. The summed E-state index contributed by atoms with van der Waals surface area (Å²) >= 11 is 0. The largest absolute Gasteiger partial charge is 0.444 e. The lowest BCUT2D eigenvalue weighted by molar-refractivity contribution is -0.123. The third kappa shape index (κ3) is 8.81. The zero-order valence-corrected chi connectivity index (χ0v) is 11.8. The number of amides is 2. The highest BCUT2D eigenvalue weighted by molar-refractivity contribution is 5.77. The zero-order chi connectivity index (χ0) is 14.2. The molecule has 2 N–H and O–H groups in total. The maximum absolute atomic E-state index is 11.5. The van der Waals surface area contributed by atoms with Gasteiger partial charge < -0.3 is 20.1 Å². The molecule has 0 aromatic rings. The molecular weight excluding hydrogens is 236 g/mol. The Balaban J connectivity index is 4.10. The van der Waals surface area contributed by atoms with E-state index in [0.29, 0.717) is 6.42 Å². The SMILES string of the molecule is CC[C@H](CC(=O)NCOC)NC(=O)OC(C)(C)C. The summed E-state index contributed by atoms with van der Waals surface area (Å²) in [6, 6.07) is -0.239. The van der Waals surface area contributed by atoms with Crippen LogP contribution in [0.15, 0.2) is 0 Å². The fourth-order valence-electron chi connectivity index (χ4n) is 1.22.